The maximum atomic E-state index is 14.2. The molecule has 0 radical (unpaired) electrons. The summed E-state index contributed by atoms with van der Waals surface area (Å²) in [4.78, 5) is 46.9. The van der Waals surface area contributed by atoms with E-state index in [0.717, 1.165) is 16.7 Å². The number of amides is 3. The number of carbonyl (C=O) groups excluding carboxylic acids is 2. The van der Waals surface area contributed by atoms with Crippen LogP contribution < -0.4 is 0 Å². The lowest BCUT2D eigenvalue weighted by Gasteiger charge is -2.45. The number of rotatable bonds is 8. The van der Waals surface area contributed by atoms with Crippen molar-refractivity contribution in [1.82, 2.24) is 19.6 Å². The number of carboxylic acids is 1. The third kappa shape index (κ3) is 5.18. The Kier molecular flexibility index (Phi) is 8.34. The molecule has 0 aliphatic carbocycles. The first-order valence-corrected chi connectivity index (χ1v) is 15.0. The molecule has 8 heteroatoms. The molecule has 3 aromatic carbocycles. The summed E-state index contributed by atoms with van der Waals surface area (Å²) in [7, 11) is 1.55. The van der Waals surface area contributed by atoms with Crippen molar-refractivity contribution in [3.63, 3.8) is 0 Å². The number of hydrogen-bond acceptors (Lipinski definition) is 4. The highest BCUT2D eigenvalue weighted by Gasteiger charge is 2.57. The summed E-state index contributed by atoms with van der Waals surface area (Å²) in [5.41, 5.74) is 1.31. The Bertz CT molecular complexity index is 1350. The van der Waals surface area contributed by atoms with Crippen LogP contribution in [-0.4, -0.2) is 93.5 Å². The maximum absolute atomic E-state index is 14.2. The zero-order valence-corrected chi connectivity index (χ0v) is 25.7. The molecule has 2 aliphatic rings. The molecule has 0 saturated carbocycles. The van der Waals surface area contributed by atoms with Gasteiger partial charge in [0.05, 0.1) is 5.54 Å². The fourth-order valence-corrected chi connectivity index (χ4v) is 6.60. The molecule has 0 bridgehead atoms. The number of benzene rings is 3. The van der Waals surface area contributed by atoms with Crippen molar-refractivity contribution in [2.75, 3.05) is 33.2 Å². The third-order valence-electron chi connectivity index (χ3n) is 9.62. The minimum absolute atomic E-state index is 0.0534. The average Bonchev–Trinajstić information content (AvgIpc) is 3.82. The molecule has 8 nitrogen and oxygen atoms in total. The number of carboxylic acid groups (broad SMARTS) is 1. The van der Waals surface area contributed by atoms with Crippen LogP contribution >= 0.6 is 0 Å². The SMILES string of the molecule is CC(C)C(C)(C(=O)O)N(C)C(=O)N1CCN(C(=O)C2C[N@]2C(c2ccccc2)(c2ccccc2)c2ccccc2)[C@H](C)C1. The highest BCUT2D eigenvalue weighted by atomic mass is 16.4. The molecule has 5 rings (SSSR count). The number of hydrogen-bond donors (Lipinski definition) is 1. The number of piperazine rings is 1. The van der Waals surface area contributed by atoms with Crippen LogP contribution in [0.5, 0.6) is 0 Å². The minimum atomic E-state index is -1.34. The second-order valence-electron chi connectivity index (χ2n) is 12.3. The predicted molar refractivity (Wildman–Crippen MR) is 166 cm³/mol. The van der Waals surface area contributed by atoms with Crippen LogP contribution in [0.2, 0.25) is 0 Å². The number of nitrogens with zero attached hydrogens (tertiary/aromatic N) is 4. The van der Waals surface area contributed by atoms with E-state index in [1.807, 2.05) is 66.4 Å². The second-order valence-corrected chi connectivity index (χ2v) is 12.3. The van der Waals surface area contributed by atoms with Crippen molar-refractivity contribution in [2.24, 2.45) is 5.92 Å². The fourth-order valence-electron chi connectivity index (χ4n) is 6.60. The van der Waals surface area contributed by atoms with Gasteiger partial charge in [0.1, 0.15) is 11.6 Å². The number of likely N-dealkylation sites (N-methyl/N-ethyl adjacent to an activating group) is 1. The highest BCUT2D eigenvalue weighted by molar-refractivity contribution is 5.88. The quantitative estimate of drug-likeness (QED) is 0.306. The zero-order valence-electron chi connectivity index (χ0n) is 25.7. The van der Waals surface area contributed by atoms with Crippen molar-refractivity contribution < 1.29 is 19.5 Å². The van der Waals surface area contributed by atoms with Gasteiger partial charge in [0.2, 0.25) is 5.91 Å². The molecular formula is C35H42N4O4. The van der Waals surface area contributed by atoms with Gasteiger partial charge >= 0.3 is 12.0 Å². The summed E-state index contributed by atoms with van der Waals surface area (Å²) in [5.74, 6) is -1.26. The molecule has 0 spiro atoms. The molecule has 43 heavy (non-hydrogen) atoms. The van der Waals surface area contributed by atoms with Crippen molar-refractivity contribution >= 4 is 17.9 Å². The molecule has 2 saturated heterocycles. The first kappa shape index (κ1) is 30.3. The van der Waals surface area contributed by atoms with Gasteiger partial charge in [-0.25, -0.2) is 9.59 Å². The van der Waals surface area contributed by atoms with E-state index in [0.29, 0.717) is 26.2 Å². The summed E-state index contributed by atoms with van der Waals surface area (Å²) in [6, 6.07) is 30.2. The van der Waals surface area contributed by atoms with Gasteiger partial charge in [-0.3, -0.25) is 9.69 Å². The van der Waals surface area contributed by atoms with Crippen molar-refractivity contribution in [3.8, 4) is 0 Å². The highest BCUT2D eigenvalue weighted by Crippen LogP contribution is 2.48. The van der Waals surface area contributed by atoms with Crippen LogP contribution in [0.1, 0.15) is 44.4 Å². The lowest BCUT2D eigenvalue weighted by atomic mass is 9.76. The summed E-state index contributed by atoms with van der Waals surface area (Å²) < 4.78 is 0. The minimum Gasteiger partial charge on any atom is -0.479 e. The van der Waals surface area contributed by atoms with Crippen molar-refractivity contribution in [2.45, 2.75) is 50.9 Å². The zero-order chi connectivity index (χ0) is 30.9. The molecule has 2 heterocycles. The fraction of sp³-hybridized carbons (Fsp3) is 0.400. The molecule has 2 aliphatic heterocycles. The lowest BCUT2D eigenvalue weighted by Crippen LogP contribution is -2.63. The standard InChI is InChI=1S/C35H42N4O4/c1-25(2)34(4,32(41)42)36(5)33(43)37-21-22-38(26(3)23-37)31(40)30-24-39(30)35(27-15-9-6-10-16-27,28-17-11-7-12-18-28)29-19-13-8-14-20-29/h6-20,25-26,30H,21-24H2,1-5H3,(H,41,42)/t26-,30?,34?,39+/m1/s1. The third-order valence-corrected chi connectivity index (χ3v) is 9.62. The van der Waals surface area contributed by atoms with Gasteiger partial charge in [-0.1, -0.05) is 105 Å². The van der Waals surface area contributed by atoms with E-state index >= 15 is 0 Å². The molecule has 2 unspecified atom stereocenters. The molecule has 4 atom stereocenters. The summed E-state index contributed by atoms with van der Waals surface area (Å²) in [6.45, 7) is 8.85. The smallest absolute Gasteiger partial charge is 0.329 e. The number of aliphatic carboxylic acids is 1. The Hall–Kier alpha value is -4.17. The van der Waals surface area contributed by atoms with E-state index in [1.165, 1.54) is 4.90 Å². The van der Waals surface area contributed by atoms with Crippen LogP contribution in [0.3, 0.4) is 0 Å². The van der Waals surface area contributed by atoms with Gasteiger partial charge in [-0.05, 0) is 36.5 Å². The van der Waals surface area contributed by atoms with Crippen LogP contribution in [0.25, 0.3) is 0 Å². The van der Waals surface area contributed by atoms with Gasteiger partial charge in [-0.15, -0.1) is 0 Å². The molecule has 3 aromatic rings. The Morgan fingerprint density at radius 1 is 0.814 bits per heavy atom. The van der Waals surface area contributed by atoms with E-state index in [-0.39, 0.29) is 29.9 Å². The normalized spacial score (nSPS) is 21.7. The molecule has 0 aromatic heterocycles. The van der Waals surface area contributed by atoms with Crippen LogP contribution in [-0.2, 0) is 15.1 Å². The Morgan fingerprint density at radius 2 is 1.28 bits per heavy atom. The van der Waals surface area contributed by atoms with E-state index in [2.05, 4.69) is 41.3 Å². The molecular weight excluding hydrogens is 540 g/mol. The van der Waals surface area contributed by atoms with E-state index in [4.69, 9.17) is 0 Å². The Labute approximate surface area is 254 Å². The molecule has 3 amide bonds. The summed E-state index contributed by atoms with van der Waals surface area (Å²) in [6.07, 6.45) is 0. The van der Waals surface area contributed by atoms with E-state index in [9.17, 15) is 19.5 Å². The monoisotopic (exact) mass is 582 g/mol. The maximum Gasteiger partial charge on any atom is 0.329 e. The van der Waals surface area contributed by atoms with Crippen molar-refractivity contribution in [3.05, 3.63) is 108 Å². The van der Waals surface area contributed by atoms with Gasteiger partial charge < -0.3 is 19.8 Å². The second kappa shape index (κ2) is 11.8. The first-order chi connectivity index (χ1) is 20.5. The Morgan fingerprint density at radius 3 is 1.67 bits per heavy atom. The molecule has 1 N–H and O–H groups in total. The lowest BCUT2D eigenvalue weighted by molar-refractivity contribution is -0.151. The number of carbonyl (C=O) groups is 3. The molecule has 2 fully saturated rings. The van der Waals surface area contributed by atoms with E-state index in [1.54, 1.807) is 32.7 Å². The number of urea groups is 1. The summed E-state index contributed by atoms with van der Waals surface area (Å²) >= 11 is 0. The van der Waals surface area contributed by atoms with Crippen LogP contribution in [0.4, 0.5) is 4.79 Å². The average molecular weight is 583 g/mol. The largest absolute Gasteiger partial charge is 0.479 e. The summed E-state index contributed by atoms with van der Waals surface area (Å²) in [5, 5.41) is 9.92. The topological polar surface area (TPSA) is 84.2 Å². The van der Waals surface area contributed by atoms with E-state index < -0.39 is 17.0 Å². The van der Waals surface area contributed by atoms with Gasteiger partial charge in [-0.2, -0.15) is 0 Å². The van der Waals surface area contributed by atoms with Gasteiger partial charge in [0.25, 0.3) is 0 Å². The Balaban J connectivity index is 1.40. The van der Waals surface area contributed by atoms with Gasteiger partial charge in [0, 0.05) is 39.3 Å². The van der Waals surface area contributed by atoms with Crippen molar-refractivity contribution in [1.29, 1.82) is 0 Å². The first-order valence-electron chi connectivity index (χ1n) is 15.0. The molecule has 226 valence electrons. The van der Waals surface area contributed by atoms with Crippen LogP contribution in [0, 0.1) is 5.92 Å². The predicted octanol–water partition coefficient (Wildman–Crippen LogP) is 4.75. The van der Waals surface area contributed by atoms with Crippen LogP contribution in [0.15, 0.2) is 91.0 Å². The van der Waals surface area contributed by atoms with Gasteiger partial charge in [0.15, 0.2) is 0 Å².